The molecule has 5 heteroatoms. The van der Waals surface area contributed by atoms with Gasteiger partial charge in [0.1, 0.15) is 0 Å². The van der Waals surface area contributed by atoms with Crippen molar-refractivity contribution in [3.63, 3.8) is 0 Å². The highest BCUT2D eigenvalue weighted by Crippen LogP contribution is 2.20. The molecular formula is C14H16ClNO3. The zero-order chi connectivity index (χ0) is 14.3. The van der Waals surface area contributed by atoms with Gasteiger partial charge in [0.25, 0.3) is 0 Å². The summed E-state index contributed by atoms with van der Waals surface area (Å²) >= 11 is 5.89. The van der Waals surface area contributed by atoms with E-state index in [9.17, 15) is 9.59 Å². The maximum Gasteiger partial charge on any atom is 0.330 e. The normalized spacial score (nSPS) is 10.7. The molecule has 0 aliphatic rings. The average Bonchev–Trinajstić information content (AvgIpc) is 2.36. The first-order valence-corrected chi connectivity index (χ1v) is 6.27. The molecule has 1 N–H and O–H groups in total. The lowest BCUT2D eigenvalue weighted by Gasteiger charge is -2.05. The topological polar surface area (TPSA) is 55.4 Å². The van der Waals surface area contributed by atoms with Gasteiger partial charge >= 0.3 is 5.97 Å². The maximum absolute atomic E-state index is 11.5. The number of hydrogen-bond donors (Lipinski definition) is 1. The summed E-state index contributed by atoms with van der Waals surface area (Å²) in [5.41, 5.74) is 0.495. The van der Waals surface area contributed by atoms with E-state index in [-0.39, 0.29) is 5.92 Å². The van der Waals surface area contributed by atoms with Crippen molar-refractivity contribution < 1.29 is 14.3 Å². The Balaban J connectivity index is 2.47. The Morgan fingerprint density at radius 3 is 2.63 bits per heavy atom. The fraction of sp³-hybridized carbons (Fsp3) is 0.286. The minimum Gasteiger partial charge on any atom is -0.462 e. The van der Waals surface area contributed by atoms with Crippen LogP contribution in [0.15, 0.2) is 36.4 Å². The third-order valence-electron chi connectivity index (χ3n) is 2.06. The summed E-state index contributed by atoms with van der Waals surface area (Å²) in [7, 11) is 0. The van der Waals surface area contributed by atoms with Crippen molar-refractivity contribution >= 4 is 29.2 Å². The number of anilines is 1. The molecular weight excluding hydrogens is 266 g/mol. The quantitative estimate of drug-likeness (QED) is 0.667. The Kier molecular flexibility index (Phi) is 6.09. The van der Waals surface area contributed by atoms with Gasteiger partial charge in [0.2, 0.25) is 5.91 Å². The Morgan fingerprint density at radius 1 is 1.32 bits per heavy atom. The molecule has 1 aromatic carbocycles. The molecule has 0 heterocycles. The zero-order valence-electron chi connectivity index (χ0n) is 10.9. The van der Waals surface area contributed by atoms with Crippen LogP contribution in [0, 0.1) is 5.92 Å². The number of esters is 1. The van der Waals surface area contributed by atoms with E-state index in [4.69, 9.17) is 16.3 Å². The highest BCUT2D eigenvalue weighted by molar-refractivity contribution is 6.33. The second-order valence-electron chi connectivity index (χ2n) is 4.33. The molecule has 0 fully saturated rings. The number of hydrogen-bond acceptors (Lipinski definition) is 3. The fourth-order valence-corrected chi connectivity index (χ4v) is 1.36. The number of para-hydroxylation sites is 1. The predicted molar refractivity (Wildman–Crippen MR) is 75.0 cm³/mol. The summed E-state index contributed by atoms with van der Waals surface area (Å²) in [4.78, 5) is 22.8. The molecule has 0 saturated heterocycles. The van der Waals surface area contributed by atoms with Crippen molar-refractivity contribution in [2.24, 2.45) is 5.92 Å². The summed E-state index contributed by atoms with van der Waals surface area (Å²) in [6.07, 6.45) is 2.21. The van der Waals surface area contributed by atoms with Crippen molar-refractivity contribution in [1.82, 2.24) is 0 Å². The van der Waals surface area contributed by atoms with Gasteiger partial charge in [0, 0.05) is 12.2 Å². The SMILES string of the molecule is CC(C)COC(=O)/C=C/C(=O)Nc1ccccc1Cl. The number of nitrogens with one attached hydrogen (secondary N) is 1. The van der Waals surface area contributed by atoms with E-state index in [1.807, 2.05) is 13.8 Å². The summed E-state index contributed by atoms with van der Waals surface area (Å²) in [6, 6.07) is 6.85. The van der Waals surface area contributed by atoms with Crippen LogP contribution in [0.1, 0.15) is 13.8 Å². The van der Waals surface area contributed by atoms with Gasteiger partial charge < -0.3 is 10.1 Å². The lowest BCUT2D eigenvalue weighted by Crippen LogP contribution is -2.11. The minimum atomic E-state index is -0.539. The van der Waals surface area contributed by atoms with Crippen LogP contribution >= 0.6 is 11.6 Å². The van der Waals surface area contributed by atoms with E-state index < -0.39 is 11.9 Å². The fourth-order valence-electron chi connectivity index (χ4n) is 1.18. The molecule has 0 radical (unpaired) electrons. The van der Waals surface area contributed by atoms with Gasteiger partial charge in [-0.15, -0.1) is 0 Å². The number of ether oxygens (including phenoxy) is 1. The molecule has 0 spiro atoms. The first-order valence-electron chi connectivity index (χ1n) is 5.89. The average molecular weight is 282 g/mol. The van der Waals surface area contributed by atoms with Gasteiger partial charge in [0.15, 0.2) is 0 Å². The Morgan fingerprint density at radius 2 is 2.00 bits per heavy atom. The van der Waals surface area contributed by atoms with Crippen molar-refractivity contribution in [3.8, 4) is 0 Å². The van der Waals surface area contributed by atoms with Crippen LogP contribution in [0.2, 0.25) is 5.02 Å². The van der Waals surface area contributed by atoms with Crippen molar-refractivity contribution in [3.05, 3.63) is 41.4 Å². The lowest BCUT2D eigenvalue weighted by molar-refractivity contribution is -0.138. The van der Waals surface area contributed by atoms with Crippen molar-refractivity contribution in [2.45, 2.75) is 13.8 Å². The molecule has 0 unspecified atom stereocenters. The van der Waals surface area contributed by atoms with Crippen LogP contribution in [0.3, 0.4) is 0 Å². The first kappa shape index (κ1) is 15.2. The monoisotopic (exact) mass is 281 g/mol. The van der Waals surface area contributed by atoms with Gasteiger partial charge in [-0.1, -0.05) is 37.6 Å². The molecule has 19 heavy (non-hydrogen) atoms. The van der Waals surface area contributed by atoms with Crippen LogP contribution in [-0.2, 0) is 14.3 Å². The molecule has 0 aliphatic heterocycles. The van der Waals surface area contributed by atoms with Gasteiger partial charge in [-0.25, -0.2) is 4.79 Å². The van der Waals surface area contributed by atoms with Gasteiger partial charge in [0.05, 0.1) is 17.3 Å². The van der Waals surface area contributed by atoms with E-state index in [2.05, 4.69) is 5.32 Å². The molecule has 0 saturated carbocycles. The molecule has 1 rings (SSSR count). The largest absolute Gasteiger partial charge is 0.462 e. The van der Waals surface area contributed by atoms with E-state index in [0.717, 1.165) is 12.2 Å². The molecule has 102 valence electrons. The standard InChI is InChI=1S/C14H16ClNO3/c1-10(2)9-19-14(18)8-7-13(17)16-12-6-4-3-5-11(12)15/h3-8,10H,9H2,1-2H3,(H,16,17)/b8-7+. The second-order valence-corrected chi connectivity index (χ2v) is 4.73. The number of rotatable bonds is 5. The smallest absolute Gasteiger partial charge is 0.330 e. The first-order chi connectivity index (χ1) is 8.99. The van der Waals surface area contributed by atoms with E-state index in [1.54, 1.807) is 24.3 Å². The molecule has 0 bridgehead atoms. The second kappa shape index (κ2) is 7.59. The molecule has 1 amide bonds. The molecule has 1 aromatic rings. The Hall–Kier alpha value is -1.81. The lowest BCUT2D eigenvalue weighted by atomic mass is 10.2. The third kappa shape index (κ3) is 6.06. The van der Waals surface area contributed by atoms with Crippen LogP contribution in [0.25, 0.3) is 0 Å². The van der Waals surface area contributed by atoms with E-state index in [1.165, 1.54) is 0 Å². The highest BCUT2D eigenvalue weighted by Gasteiger charge is 2.04. The third-order valence-corrected chi connectivity index (χ3v) is 2.39. The van der Waals surface area contributed by atoms with Crippen LogP contribution < -0.4 is 5.32 Å². The zero-order valence-corrected chi connectivity index (χ0v) is 11.6. The van der Waals surface area contributed by atoms with Crippen LogP contribution in [0.4, 0.5) is 5.69 Å². The summed E-state index contributed by atoms with van der Waals surface area (Å²) in [6.45, 7) is 4.19. The van der Waals surface area contributed by atoms with Gasteiger partial charge in [-0.3, -0.25) is 4.79 Å². The Labute approximate surface area is 117 Å². The summed E-state index contributed by atoms with van der Waals surface area (Å²) in [5, 5.41) is 3.00. The van der Waals surface area contributed by atoms with Crippen molar-refractivity contribution in [1.29, 1.82) is 0 Å². The van der Waals surface area contributed by atoms with Crippen LogP contribution in [0.5, 0.6) is 0 Å². The Bertz CT molecular complexity index is 483. The number of carbonyl (C=O) groups is 2. The molecule has 4 nitrogen and oxygen atoms in total. The molecule has 0 aromatic heterocycles. The molecule has 0 aliphatic carbocycles. The summed E-state index contributed by atoms with van der Waals surface area (Å²) < 4.78 is 4.90. The number of amides is 1. The van der Waals surface area contributed by atoms with Gasteiger partial charge in [-0.2, -0.15) is 0 Å². The highest BCUT2D eigenvalue weighted by atomic mass is 35.5. The van der Waals surface area contributed by atoms with Crippen LogP contribution in [-0.4, -0.2) is 18.5 Å². The minimum absolute atomic E-state index is 0.259. The van der Waals surface area contributed by atoms with E-state index in [0.29, 0.717) is 17.3 Å². The number of carbonyl (C=O) groups excluding carboxylic acids is 2. The number of benzene rings is 1. The maximum atomic E-state index is 11.5. The van der Waals surface area contributed by atoms with Crippen molar-refractivity contribution in [2.75, 3.05) is 11.9 Å². The predicted octanol–water partition coefficient (Wildman–Crippen LogP) is 3.03. The number of halogens is 1. The van der Waals surface area contributed by atoms with Gasteiger partial charge in [-0.05, 0) is 18.1 Å². The molecule has 0 atom stereocenters. The summed E-state index contributed by atoms with van der Waals surface area (Å²) in [5.74, 6) is -0.716. The van der Waals surface area contributed by atoms with E-state index >= 15 is 0 Å².